The lowest BCUT2D eigenvalue weighted by atomic mass is 10.0. The van der Waals surface area contributed by atoms with Crippen LogP contribution >= 0.6 is 0 Å². The van der Waals surface area contributed by atoms with Crippen LogP contribution in [-0.4, -0.2) is 6.29 Å². The molecule has 0 unspecified atom stereocenters. The molecule has 2 heteroatoms. The monoisotopic (exact) mass is 302 g/mol. The molecule has 0 aromatic heterocycles. The van der Waals surface area contributed by atoms with Crippen molar-refractivity contribution in [2.45, 2.75) is 13.0 Å². The van der Waals surface area contributed by atoms with E-state index >= 15 is 0 Å². The first-order valence-electron chi connectivity index (χ1n) is 7.64. The Morgan fingerprint density at radius 1 is 0.739 bits per heavy atom. The van der Waals surface area contributed by atoms with E-state index in [0.717, 1.165) is 23.8 Å². The van der Waals surface area contributed by atoms with Crippen molar-refractivity contribution in [3.63, 3.8) is 0 Å². The molecule has 3 aromatic carbocycles. The highest BCUT2D eigenvalue weighted by atomic mass is 16.5. The van der Waals surface area contributed by atoms with Crippen LogP contribution in [0.5, 0.6) is 5.75 Å². The molecule has 0 saturated carbocycles. The molecule has 0 radical (unpaired) electrons. The fraction of sp³-hybridized carbons (Fsp3) is 0.0952. The van der Waals surface area contributed by atoms with E-state index in [2.05, 4.69) is 12.1 Å². The molecule has 0 aliphatic heterocycles. The summed E-state index contributed by atoms with van der Waals surface area (Å²) in [6, 6.07) is 25.9. The first-order valence-corrected chi connectivity index (χ1v) is 7.64. The van der Waals surface area contributed by atoms with Crippen molar-refractivity contribution in [2.75, 3.05) is 0 Å². The molecule has 0 fully saturated rings. The topological polar surface area (TPSA) is 26.3 Å². The van der Waals surface area contributed by atoms with Gasteiger partial charge in [-0.05, 0) is 22.8 Å². The second-order valence-electron chi connectivity index (χ2n) is 5.39. The number of benzene rings is 3. The van der Waals surface area contributed by atoms with Gasteiger partial charge in [0.1, 0.15) is 12.4 Å². The van der Waals surface area contributed by atoms with Gasteiger partial charge in [0.25, 0.3) is 0 Å². The summed E-state index contributed by atoms with van der Waals surface area (Å²) in [6.45, 7) is 0.452. The summed E-state index contributed by atoms with van der Waals surface area (Å²) in [4.78, 5) is 11.4. The average Bonchev–Trinajstić information content (AvgIpc) is 2.62. The zero-order valence-electron chi connectivity index (χ0n) is 12.8. The maximum atomic E-state index is 11.4. The smallest absolute Gasteiger partial charge is 0.153 e. The second-order valence-corrected chi connectivity index (χ2v) is 5.39. The first kappa shape index (κ1) is 15.0. The summed E-state index contributed by atoms with van der Waals surface area (Å²) in [5.74, 6) is 0.676. The number of hydrogen-bond donors (Lipinski definition) is 0. The molecule has 0 N–H and O–H groups in total. The van der Waals surface area contributed by atoms with Gasteiger partial charge in [-0.1, -0.05) is 72.8 Å². The zero-order valence-corrected chi connectivity index (χ0v) is 12.8. The Morgan fingerprint density at radius 3 is 2.04 bits per heavy atom. The van der Waals surface area contributed by atoms with Crippen molar-refractivity contribution < 1.29 is 9.53 Å². The van der Waals surface area contributed by atoms with Gasteiger partial charge in [0, 0.05) is 6.42 Å². The SMILES string of the molecule is O=Cc1cccc(Cc2ccccc2)c1OCc1ccccc1. The van der Waals surface area contributed by atoms with Crippen molar-refractivity contribution in [1.82, 2.24) is 0 Å². The molecule has 0 aliphatic rings. The Labute approximate surface area is 136 Å². The molecular formula is C21H18O2. The molecule has 0 saturated heterocycles. The van der Waals surface area contributed by atoms with Gasteiger partial charge < -0.3 is 4.74 Å². The number of hydrogen-bond acceptors (Lipinski definition) is 2. The third-order valence-electron chi connectivity index (χ3n) is 3.72. The van der Waals surface area contributed by atoms with Gasteiger partial charge in [-0.15, -0.1) is 0 Å². The third kappa shape index (κ3) is 3.86. The van der Waals surface area contributed by atoms with Gasteiger partial charge >= 0.3 is 0 Å². The molecule has 114 valence electrons. The summed E-state index contributed by atoms with van der Waals surface area (Å²) < 4.78 is 5.99. The Morgan fingerprint density at radius 2 is 1.39 bits per heavy atom. The predicted molar refractivity (Wildman–Crippen MR) is 91.9 cm³/mol. The van der Waals surface area contributed by atoms with Crippen LogP contribution in [0.25, 0.3) is 0 Å². The van der Waals surface area contributed by atoms with Gasteiger partial charge in [0.05, 0.1) is 5.56 Å². The zero-order chi connectivity index (χ0) is 15.9. The Kier molecular flexibility index (Phi) is 4.85. The Balaban J connectivity index is 1.86. The van der Waals surface area contributed by atoms with Crippen LogP contribution in [0, 0.1) is 0 Å². The summed E-state index contributed by atoms with van der Waals surface area (Å²) >= 11 is 0. The minimum Gasteiger partial charge on any atom is -0.488 e. The van der Waals surface area contributed by atoms with E-state index in [1.165, 1.54) is 5.56 Å². The van der Waals surface area contributed by atoms with E-state index in [-0.39, 0.29) is 0 Å². The molecule has 23 heavy (non-hydrogen) atoms. The number of aldehydes is 1. The quantitative estimate of drug-likeness (QED) is 0.619. The molecule has 0 heterocycles. The molecule has 3 rings (SSSR count). The molecule has 0 spiro atoms. The van der Waals surface area contributed by atoms with Crippen molar-refractivity contribution in [3.8, 4) is 5.75 Å². The maximum Gasteiger partial charge on any atom is 0.153 e. The van der Waals surface area contributed by atoms with E-state index < -0.39 is 0 Å². The minimum absolute atomic E-state index is 0.452. The second kappa shape index (κ2) is 7.41. The van der Waals surface area contributed by atoms with Gasteiger partial charge in [-0.2, -0.15) is 0 Å². The van der Waals surface area contributed by atoms with Crippen LogP contribution < -0.4 is 4.74 Å². The van der Waals surface area contributed by atoms with E-state index in [4.69, 9.17) is 4.74 Å². The maximum absolute atomic E-state index is 11.4. The Bertz CT molecular complexity index is 764. The summed E-state index contributed by atoms with van der Waals surface area (Å²) in [7, 11) is 0. The van der Waals surface area contributed by atoms with Gasteiger partial charge in [0.2, 0.25) is 0 Å². The van der Waals surface area contributed by atoms with Crippen molar-refractivity contribution in [1.29, 1.82) is 0 Å². The highest BCUT2D eigenvalue weighted by Crippen LogP contribution is 2.26. The number of rotatable bonds is 6. The van der Waals surface area contributed by atoms with Gasteiger partial charge in [-0.3, -0.25) is 4.79 Å². The minimum atomic E-state index is 0.452. The van der Waals surface area contributed by atoms with E-state index in [0.29, 0.717) is 17.9 Å². The first-order chi connectivity index (χ1) is 11.4. The number of ether oxygens (including phenoxy) is 1. The third-order valence-corrected chi connectivity index (χ3v) is 3.72. The fourth-order valence-corrected chi connectivity index (χ4v) is 2.56. The number of carbonyl (C=O) groups is 1. The lowest BCUT2D eigenvalue weighted by molar-refractivity contribution is 0.111. The highest BCUT2D eigenvalue weighted by Gasteiger charge is 2.10. The van der Waals surface area contributed by atoms with E-state index in [1.807, 2.05) is 60.7 Å². The number of para-hydroxylation sites is 1. The highest BCUT2D eigenvalue weighted by molar-refractivity contribution is 5.80. The van der Waals surface area contributed by atoms with Crippen LogP contribution in [0.3, 0.4) is 0 Å². The molecule has 2 nitrogen and oxygen atoms in total. The molecule has 0 aliphatic carbocycles. The van der Waals surface area contributed by atoms with Crippen LogP contribution in [0.4, 0.5) is 0 Å². The van der Waals surface area contributed by atoms with Crippen molar-refractivity contribution >= 4 is 6.29 Å². The summed E-state index contributed by atoms with van der Waals surface area (Å²) in [6.07, 6.45) is 1.60. The van der Waals surface area contributed by atoms with Crippen LogP contribution in [0.1, 0.15) is 27.0 Å². The van der Waals surface area contributed by atoms with E-state index in [9.17, 15) is 4.79 Å². The lowest BCUT2D eigenvalue weighted by Crippen LogP contribution is -2.02. The van der Waals surface area contributed by atoms with Crippen LogP contribution in [0.15, 0.2) is 78.9 Å². The number of carbonyl (C=O) groups excluding carboxylic acids is 1. The van der Waals surface area contributed by atoms with Crippen LogP contribution in [-0.2, 0) is 13.0 Å². The standard InChI is InChI=1S/C21H18O2/c22-15-20-13-7-12-19(14-17-8-3-1-4-9-17)21(20)23-16-18-10-5-2-6-11-18/h1-13,15H,14,16H2. The average molecular weight is 302 g/mol. The normalized spacial score (nSPS) is 10.3. The molecule has 0 amide bonds. The van der Waals surface area contributed by atoms with E-state index in [1.54, 1.807) is 6.07 Å². The van der Waals surface area contributed by atoms with Crippen LogP contribution in [0.2, 0.25) is 0 Å². The largest absolute Gasteiger partial charge is 0.488 e. The molecule has 0 bridgehead atoms. The Hall–Kier alpha value is -2.87. The summed E-state index contributed by atoms with van der Waals surface area (Å²) in [5.41, 5.74) is 3.89. The van der Waals surface area contributed by atoms with Gasteiger partial charge in [0.15, 0.2) is 6.29 Å². The van der Waals surface area contributed by atoms with Crippen molar-refractivity contribution in [3.05, 3.63) is 101 Å². The lowest BCUT2D eigenvalue weighted by Gasteiger charge is -2.14. The predicted octanol–water partition coefficient (Wildman–Crippen LogP) is 4.67. The molecular weight excluding hydrogens is 284 g/mol. The molecule has 0 atom stereocenters. The van der Waals surface area contributed by atoms with Crippen molar-refractivity contribution in [2.24, 2.45) is 0 Å². The van der Waals surface area contributed by atoms with Gasteiger partial charge in [-0.25, -0.2) is 0 Å². The summed E-state index contributed by atoms with van der Waals surface area (Å²) in [5, 5.41) is 0. The fourth-order valence-electron chi connectivity index (χ4n) is 2.56. The molecule has 3 aromatic rings.